The molecule has 29 heavy (non-hydrogen) atoms. The van der Waals surface area contributed by atoms with Crippen LogP contribution in [-0.2, 0) is 14.8 Å². The minimum Gasteiger partial charge on any atom is -0.478 e. The van der Waals surface area contributed by atoms with E-state index in [1.165, 1.54) is 10.6 Å². The zero-order valence-electron chi connectivity index (χ0n) is 15.9. The Balaban J connectivity index is 1.84. The zero-order chi connectivity index (χ0) is 20.8. The molecular formula is C21H21ClN2O4S. The fourth-order valence-electron chi connectivity index (χ4n) is 4.42. The van der Waals surface area contributed by atoms with Crippen LogP contribution in [0, 0.1) is 5.92 Å². The first-order valence-corrected chi connectivity index (χ1v) is 11.6. The van der Waals surface area contributed by atoms with Crippen LogP contribution in [-0.4, -0.2) is 48.1 Å². The number of carbonyl (C=O) groups is 1. The third-order valence-corrected chi connectivity index (χ3v) is 7.31. The van der Waals surface area contributed by atoms with Gasteiger partial charge >= 0.3 is 5.97 Å². The Bertz CT molecular complexity index is 1110. The Morgan fingerprint density at radius 2 is 1.97 bits per heavy atom. The van der Waals surface area contributed by atoms with Crippen molar-refractivity contribution in [1.29, 1.82) is 0 Å². The van der Waals surface area contributed by atoms with E-state index >= 15 is 0 Å². The number of aromatic nitrogens is 1. The summed E-state index contributed by atoms with van der Waals surface area (Å²) in [7, 11) is -3.22. The van der Waals surface area contributed by atoms with Crippen LogP contribution in [0.1, 0.15) is 41.1 Å². The van der Waals surface area contributed by atoms with Gasteiger partial charge in [-0.1, -0.05) is 23.7 Å². The van der Waals surface area contributed by atoms with Gasteiger partial charge in [0.25, 0.3) is 0 Å². The Kier molecular flexibility index (Phi) is 5.23. The summed E-state index contributed by atoms with van der Waals surface area (Å²) in [6.45, 7) is 0.897. The van der Waals surface area contributed by atoms with Crippen LogP contribution in [0.15, 0.2) is 36.5 Å². The number of pyridine rings is 1. The van der Waals surface area contributed by atoms with Crippen LogP contribution < -0.4 is 0 Å². The van der Waals surface area contributed by atoms with Gasteiger partial charge in [0, 0.05) is 35.8 Å². The number of halogens is 1. The molecule has 2 aliphatic rings. The second kappa shape index (κ2) is 7.55. The molecule has 0 saturated carbocycles. The highest BCUT2D eigenvalue weighted by Gasteiger charge is 2.36. The van der Waals surface area contributed by atoms with Crippen LogP contribution in [0.3, 0.4) is 0 Å². The van der Waals surface area contributed by atoms with Gasteiger partial charge in [0.15, 0.2) is 0 Å². The molecule has 1 fully saturated rings. The topological polar surface area (TPSA) is 87.6 Å². The lowest BCUT2D eigenvalue weighted by molar-refractivity contribution is -0.130. The fraction of sp³-hybridized carbons (Fsp3) is 0.333. The van der Waals surface area contributed by atoms with Gasteiger partial charge in [-0.15, -0.1) is 0 Å². The molecule has 1 aliphatic carbocycles. The summed E-state index contributed by atoms with van der Waals surface area (Å²) in [5, 5.41) is 10.4. The van der Waals surface area contributed by atoms with Gasteiger partial charge in [-0.2, -0.15) is 0 Å². The van der Waals surface area contributed by atoms with E-state index < -0.39 is 16.0 Å². The molecule has 8 heteroatoms. The minimum absolute atomic E-state index is 0.131. The molecule has 1 aliphatic heterocycles. The quantitative estimate of drug-likeness (QED) is 0.802. The fourth-order valence-corrected chi connectivity index (χ4v) is 5.48. The monoisotopic (exact) mass is 432 g/mol. The van der Waals surface area contributed by atoms with Crippen molar-refractivity contribution in [1.82, 2.24) is 9.29 Å². The summed E-state index contributed by atoms with van der Waals surface area (Å²) >= 11 is 6.21. The third-order valence-electron chi connectivity index (χ3n) is 5.78. The van der Waals surface area contributed by atoms with E-state index in [1.54, 1.807) is 36.5 Å². The Morgan fingerprint density at radius 3 is 2.62 bits per heavy atom. The number of nitrogens with zero attached hydrogens (tertiary/aromatic N) is 2. The number of benzene rings is 1. The van der Waals surface area contributed by atoms with E-state index in [0.717, 1.165) is 16.8 Å². The number of sulfonamides is 1. The molecule has 4 rings (SSSR count). The Morgan fingerprint density at radius 1 is 1.24 bits per heavy atom. The van der Waals surface area contributed by atoms with E-state index in [2.05, 4.69) is 4.98 Å². The van der Waals surface area contributed by atoms with Crippen molar-refractivity contribution in [2.75, 3.05) is 19.3 Å². The van der Waals surface area contributed by atoms with Crippen molar-refractivity contribution in [2.45, 2.75) is 18.8 Å². The summed E-state index contributed by atoms with van der Waals surface area (Å²) in [5.41, 5.74) is 3.25. The van der Waals surface area contributed by atoms with E-state index in [-0.39, 0.29) is 17.4 Å². The predicted molar refractivity (Wildman–Crippen MR) is 112 cm³/mol. The summed E-state index contributed by atoms with van der Waals surface area (Å²) in [6, 6.07) is 9.05. The number of rotatable bonds is 3. The molecular weight excluding hydrogens is 412 g/mol. The van der Waals surface area contributed by atoms with Crippen LogP contribution in [0.4, 0.5) is 0 Å². The summed E-state index contributed by atoms with van der Waals surface area (Å²) in [4.78, 5) is 16.6. The van der Waals surface area contributed by atoms with Crippen molar-refractivity contribution in [3.8, 4) is 0 Å². The molecule has 1 aromatic heterocycles. The number of aliphatic carboxylic acids is 1. The lowest BCUT2D eigenvalue weighted by Crippen LogP contribution is -2.39. The lowest BCUT2D eigenvalue weighted by Gasteiger charge is -2.35. The maximum absolute atomic E-state index is 12.0. The van der Waals surface area contributed by atoms with Gasteiger partial charge in [0.1, 0.15) is 0 Å². The molecule has 0 amide bonds. The van der Waals surface area contributed by atoms with Crippen LogP contribution in [0.5, 0.6) is 0 Å². The van der Waals surface area contributed by atoms with Gasteiger partial charge in [-0.3, -0.25) is 4.98 Å². The zero-order valence-corrected chi connectivity index (χ0v) is 17.4. The minimum atomic E-state index is -3.22. The molecule has 0 spiro atoms. The molecule has 0 bridgehead atoms. The first-order valence-electron chi connectivity index (χ1n) is 9.40. The van der Waals surface area contributed by atoms with E-state index in [1.807, 2.05) is 6.07 Å². The average molecular weight is 433 g/mol. The highest BCUT2D eigenvalue weighted by atomic mass is 35.5. The average Bonchev–Trinajstić information content (AvgIpc) is 2.82. The number of fused-ring (bicyclic) bond motifs is 2. The normalized spacial score (nSPS) is 20.3. The van der Waals surface area contributed by atoms with Gasteiger partial charge < -0.3 is 5.11 Å². The van der Waals surface area contributed by atoms with Gasteiger partial charge in [-0.05, 0) is 54.2 Å². The van der Waals surface area contributed by atoms with E-state index in [9.17, 15) is 18.3 Å². The highest BCUT2D eigenvalue weighted by molar-refractivity contribution is 7.88. The second-order valence-corrected chi connectivity index (χ2v) is 9.97. The smallest absolute Gasteiger partial charge is 0.336 e. The Labute approximate surface area is 174 Å². The highest BCUT2D eigenvalue weighted by Crippen LogP contribution is 2.44. The van der Waals surface area contributed by atoms with Crippen molar-refractivity contribution in [3.63, 3.8) is 0 Å². The molecule has 2 heterocycles. The molecule has 2 aromatic rings. The molecule has 1 saturated heterocycles. The first kappa shape index (κ1) is 20.1. The number of carboxylic acid groups (broad SMARTS) is 1. The molecule has 0 radical (unpaired) electrons. The van der Waals surface area contributed by atoms with Crippen molar-refractivity contribution < 1.29 is 18.3 Å². The van der Waals surface area contributed by atoms with Crippen molar-refractivity contribution in [2.24, 2.45) is 5.92 Å². The largest absolute Gasteiger partial charge is 0.478 e. The summed E-state index contributed by atoms with van der Waals surface area (Å²) < 4.78 is 25.3. The summed E-state index contributed by atoms with van der Waals surface area (Å²) in [6.07, 6.45) is 5.93. The molecule has 1 N–H and O–H groups in total. The number of hydrogen-bond acceptors (Lipinski definition) is 4. The second-order valence-electron chi connectivity index (χ2n) is 7.55. The third kappa shape index (κ3) is 3.82. The van der Waals surface area contributed by atoms with Crippen LogP contribution in [0.25, 0.3) is 11.6 Å². The molecule has 1 aromatic carbocycles. The van der Waals surface area contributed by atoms with Crippen LogP contribution in [0.2, 0.25) is 5.02 Å². The SMILES string of the molecule is CS(=O)(=O)N1CCC(C2c3ccc(Cl)cc3C=C(C(=O)O)c3cccnc32)CC1. The van der Waals surface area contributed by atoms with Gasteiger partial charge in [0.2, 0.25) is 10.0 Å². The molecule has 6 nitrogen and oxygen atoms in total. The number of hydrogen-bond donors (Lipinski definition) is 1. The maximum Gasteiger partial charge on any atom is 0.336 e. The number of piperidine rings is 1. The van der Waals surface area contributed by atoms with Gasteiger partial charge in [0.05, 0.1) is 17.5 Å². The number of carboxylic acids is 1. The predicted octanol–water partition coefficient (Wildman–Crippen LogP) is 3.48. The van der Waals surface area contributed by atoms with Crippen molar-refractivity contribution >= 4 is 39.2 Å². The molecule has 152 valence electrons. The molecule has 1 unspecified atom stereocenters. The Hall–Kier alpha value is -2.22. The maximum atomic E-state index is 12.0. The lowest BCUT2D eigenvalue weighted by atomic mass is 9.76. The standard InChI is InChI=1S/C21H21ClN2O4S/c1-29(27,28)24-9-6-13(7-10-24)19-16-5-4-15(22)11-14(16)12-18(21(25)26)17-3-2-8-23-20(17)19/h2-5,8,11-13,19H,6-7,9-10H2,1H3,(H,25,26). The van der Waals surface area contributed by atoms with Crippen LogP contribution >= 0.6 is 11.6 Å². The van der Waals surface area contributed by atoms with Crippen molar-refractivity contribution in [3.05, 3.63) is 63.9 Å². The van der Waals surface area contributed by atoms with Gasteiger partial charge in [-0.25, -0.2) is 17.5 Å². The molecule has 1 atom stereocenters. The van der Waals surface area contributed by atoms with E-state index in [0.29, 0.717) is 36.5 Å². The first-order chi connectivity index (χ1) is 13.8. The summed E-state index contributed by atoms with van der Waals surface area (Å²) in [5.74, 6) is -1.01. The van der Waals surface area contributed by atoms with E-state index in [4.69, 9.17) is 11.6 Å².